The Morgan fingerprint density at radius 1 is 1.04 bits per heavy atom. The lowest BCUT2D eigenvalue weighted by Gasteiger charge is -2.30. The van der Waals surface area contributed by atoms with E-state index in [1.165, 1.54) is 6.07 Å². The lowest BCUT2D eigenvalue weighted by molar-refractivity contribution is -0.622. The number of aromatic nitrogens is 2. The summed E-state index contributed by atoms with van der Waals surface area (Å²) in [7, 11) is 0. The third-order valence-corrected chi connectivity index (χ3v) is 5.03. The Hall–Kier alpha value is -2.79. The highest BCUT2D eigenvalue weighted by molar-refractivity contribution is 6.34. The lowest BCUT2D eigenvalue weighted by atomic mass is 10.1. The zero-order valence-corrected chi connectivity index (χ0v) is 16.3. The maximum Gasteiger partial charge on any atom is 0.369 e. The van der Waals surface area contributed by atoms with Crippen LogP contribution < -0.4 is 19.7 Å². The molecule has 9 heteroatoms. The first-order valence-electron chi connectivity index (χ1n) is 8.55. The topological polar surface area (TPSA) is 92.9 Å². The van der Waals surface area contributed by atoms with E-state index in [0.29, 0.717) is 25.7 Å². The first kappa shape index (κ1) is 20.0. The Bertz CT molecular complexity index is 1060. The van der Waals surface area contributed by atoms with Crippen LogP contribution in [0.4, 0.5) is 5.69 Å². The van der Waals surface area contributed by atoms with E-state index in [0.717, 1.165) is 26.2 Å². The summed E-state index contributed by atoms with van der Waals surface area (Å²) in [4.78, 5) is 2.08. The molecule has 1 aliphatic heterocycles. The van der Waals surface area contributed by atoms with Crippen LogP contribution in [0.2, 0.25) is 5.02 Å². The Morgan fingerprint density at radius 2 is 1.68 bits per heavy atom. The molecule has 0 bridgehead atoms. The van der Waals surface area contributed by atoms with Crippen LogP contribution >= 0.6 is 24.0 Å². The summed E-state index contributed by atoms with van der Waals surface area (Å²) in [5, 5.41) is 39.1. The second-order valence-corrected chi connectivity index (χ2v) is 6.70. The number of hydrogen-bond donors (Lipinski definition) is 1. The normalized spacial score (nSPS) is 13.8. The van der Waals surface area contributed by atoms with Gasteiger partial charge >= 0.3 is 11.4 Å². The summed E-state index contributed by atoms with van der Waals surface area (Å²) in [6.07, 6.45) is 0. The number of rotatable bonds is 2. The minimum Gasteiger partial charge on any atom is -0.617 e. The van der Waals surface area contributed by atoms with Gasteiger partial charge in [-0.1, -0.05) is 29.8 Å². The molecule has 7 nitrogen and oxygen atoms in total. The van der Waals surface area contributed by atoms with Crippen molar-refractivity contribution in [2.45, 2.75) is 0 Å². The van der Waals surface area contributed by atoms with Crippen molar-refractivity contribution in [2.75, 3.05) is 31.1 Å². The second kappa shape index (κ2) is 8.07. The third-order valence-electron chi connectivity index (χ3n) is 4.72. The molecule has 4 rings (SSSR count). The van der Waals surface area contributed by atoms with E-state index in [-0.39, 0.29) is 34.8 Å². The Kier molecular flexibility index (Phi) is 5.75. The number of nitrogens with zero attached hydrogens (tertiary/aromatic N) is 4. The van der Waals surface area contributed by atoms with Gasteiger partial charge in [0.15, 0.2) is 6.07 Å². The smallest absolute Gasteiger partial charge is 0.369 e. The Morgan fingerprint density at radius 3 is 2.32 bits per heavy atom. The second-order valence-electron chi connectivity index (χ2n) is 6.29. The number of piperazine rings is 1. The van der Waals surface area contributed by atoms with Crippen molar-refractivity contribution in [3.05, 3.63) is 63.6 Å². The predicted molar refractivity (Wildman–Crippen MR) is 109 cm³/mol. The van der Waals surface area contributed by atoms with Crippen LogP contribution in [0.3, 0.4) is 0 Å². The molecule has 1 aliphatic rings. The minimum absolute atomic E-state index is 0. The number of hydrogen-bond acceptors (Lipinski definition) is 5. The van der Waals surface area contributed by atoms with Crippen molar-refractivity contribution in [3.63, 3.8) is 0 Å². The van der Waals surface area contributed by atoms with Crippen LogP contribution in [0.5, 0.6) is 0 Å². The number of nitrogens with one attached hydrogen (secondary N) is 1. The van der Waals surface area contributed by atoms with Gasteiger partial charge in [0.05, 0.1) is 16.3 Å². The van der Waals surface area contributed by atoms with E-state index in [2.05, 4.69) is 10.2 Å². The van der Waals surface area contributed by atoms with Gasteiger partial charge in [-0.25, -0.2) is 0 Å². The maximum absolute atomic E-state index is 13.1. The van der Waals surface area contributed by atoms with Crippen molar-refractivity contribution in [1.29, 1.82) is 5.26 Å². The monoisotopic (exact) mass is 417 g/mol. The number of nitriles is 1. The highest BCUT2D eigenvalue weighted by atomic mass is 35.5. The summed E-state index contributed by atoms with van der Waals surface area (Å²) in [5.74, 6) is 0. The molecule has 2 heterocycles. The van der Waals surface area contributed by atoms with E-state index >= 15 is 0 Å². The van der Waals surface area contributed by atoms with Gasteiger partial charge in [0.1, 0.15) is 0 Å². The number of fused-ring (bicyclic) bond motifs is 1. The molecule has 0 atom stereocenters. The molecule has 0 saturated carbocycles. The summed E-state index contributed by atoms with van der Waals surface area (Å²) < 4.78 is 1.14. The van der Waals surface area contributed by atoms with Gasteiger partial charge in [-0.2, -0.15) is 9.99 Å². The number of benzene rings is 2. The van der Waals surface area contributed by atoms with Crippen molar-refractivity contribution >= 4 is 40.7 Å². The van der Waals surface area contributed by atoms with E-state index < -0.39 is 0 Å². The molecule has 0 aliphatic carbocycles. The molecule has 0 spiro atoms. The average molecular weight is 418 g/mol. The van der Waals surface area contributed by atoms with Gasteiger partial charge in [-0.3, -0.25) is 0 Å². The molecule has 1 aromatic heterocycles. The SMILES string of the molecule is Cl.N#Cc1c(-c2ccccc2)[n+]([O-])c2cc(N3CCNCC3)c(Cl)cc2[n+]1[O-]. The molecule has 1 N–H and O–H groups in total. The van der Waals surface area contributed by atoms with Gasteiger partial charge < -0.3 is 20.6 Å². The van der Waals surface area contributed by atoms with E-state index in [9.17, 15) is 15.7 Å². The fourth-order valence-corrected chi connectivity index (χ4v) is 3.67. The average Bonchev–Trinajstić information content (AvgIpc) is 2.71. The summed E-state index contributed by atoms with van der Waals surface area (Å²) in [6, 6.07) is 13.7. The molecule has 28 heavy (non-hydrogen) atoms. The van der Waals surface area contributed by atoms with Gasteiger partial charge in [0, 0.05) is 38.3 Å². The van der Waals surface area contributed by atoms with Crippen molar-refractivity contribution in [3.8, 4) is 17.3 Å². The van der Waals surface area contributed by atoms with Crippen LogP contribution in [0, 0.1) is 21.7 Å². The summed E-state index contributed by atoms with van der Waals surface area (Å²) >= 11 is 6.40. The van der Waals surface area contributed by atoms with Crippen LogP contribution in [0.15, 0.2) is 42.5 Å². The Labute approximate surface area is 173 Å². The van der Waals surface area contributed by atoms with E-state index in [4.69, 9.17) is 11.6 Å². The minimum atomic E-state index is -0.255. The highest BCUT2D eigenvalue weighted by Crippen LogP contribution is 2.30. The van der Waals surface area contributed by atoms with E-state index in [1.54, 1.807) is 36.4 Å². The first-order chi connectivity index (χ1) is 13.1. The highest BCUT2D eigenvalue weighted by Gasteiger charge is 2.31. The molecule has 144 valence electrons. The first-order valence-corrected chi connectivity index (χ1v) is 8.93. The van der Waals surface area contributed by atoms with Gasteiger partial charge in [0.2, 0.25) is 0 Å². The molecular formula is C19H17Cl2N5O2. The maximum atomic E-state index is 13.1. The van der Waals surface area contributed by atoms with Crippen LogP contribution in [-0.4, -0.2) is 26.2 Å². The van der Waals surface area contributed by atoms with Crippen LogP contribution in [0.25, 0.3) is 22.3 Å². The van der Waals surface area contributed by atoms with Gasteiger partial charge in [0.25, 0.3) is 11.0 Å². The fraction of sp³-hybridized carbons (Fsp3) is 0.211. The standard InChI is InChI=1S/C19H16ClN5O2.ClH/c20-14-10-16-17(11-15(14)23-8-6-22-7-9-23)25(27)19(18(12-21)24(16)26)13-4-2-1-3-5-13;/h1-5,10-11,22H,6-9H2;1H. The van der Waals surface area contributed by atoms with Crippen LogP contribution in [0.1, 0.15) is 5.69 Å². The molecule has 1 fully saturated rings. The van der Waals surface area contributed by atoms with Crippen molar-refractivity contribution in [2.24, 2.45) is 0 Å². The molecule has 3 aromatic rings. The predicted octanol–water partition coefficient (Wildman–Crippen LogP) is 2.13. The van der Waals surface area contributed by atoms with Crippen molar-refractivity contribution < 1.29 is 9.46 Å². The molecule has 2 aromatic carbocycles. The fourth-order valence-electron chi connectivity index (χ4n) is 3.40. The zero-order chi connectivity index (χ0) is 19.0. The van der Waals surface area contributed by atoms with E-state index in [1.807, 2.05) is 6.07 Å². The van der Waals surface area contributed by atoms with Crippen molar-refractivity contribution in [1.82, 2.24) is 5.32 Å². The third kappa shape index (κ3) is 3.27. The molecule has 0 unspecified atom stereocenters. The van der Waals surface area contributed by atoms with Crippen LogP contribution in [-0.2, 0) is 0 Å². The van der Waals surface area contributed by atoms with Gasteiger partial charge in [-0.15, -0.1) is 17.1 Å². The quantitative estimate of drug-likeness (QED) is 0.509. The zero-order valence-electron chi connectivity index (χ0n) is 14.8. The largest absolute Gasteiger partial charge is 0.617 e. The summed E-state index contributed by atoms with van der Waals surface area (Å²) in [6.45, 7) is 3.14. The molecular weight excluding hydrogens is 401 g/mol. The molecule has 0 radical (unpaired) electrons. The number of anilines is 1. The lowest BCUT2D eigenvalue weighted by Crippen LogP contribution is -2.45. The Balaban J connectivity index is 0.00000225. The molecule has 0 amide bonds. The molecule has 1 saturated heterocycles. The number of halogens is 2. The van der Waals surface area contributed by atoms with Gasteiger partial charge in [-0.05, 0) is 12.1 Å². The summed E-state index contributed by atoms with van der Waals surface area (Å²) in [5.41, 5.74) is 1.25.